The first-order valence-corrected chi connectivity index (χ1v) is 10.1. The van der Waals surface area contributed by atoms with Crippen LogP contribution in [-0.2, 0) is 9.59 Å². The van der Waals surface area contributed by atoms with Crippen LogP contribution in [0.4, 0.5) is 0 Å². The van der Waals surface area contributed by atoms with Crippen LogP contribution < -0.4 is 5.32 Å². The van der Waals surface area contributed by atoms with Gasteiger partial charge in [0.1, 0.15) is 6.04 Å². The van der Waals surface area contributed by atoms with Gasteiger partial charge in [-0.1, -0.05) is 13.0 Å². The number of allylic oxidation sites excluding steroid dienone is 1. The molecule has 5 heteroatoms. The van der Waals surface area contributed by atoms with Crippen molar-refractivity contribution in [2.45, 2.75) is 51.6 Å². The minimum absolute atomic E-state index is 0.0214. The van der Waals surface area contributed by atoms with Crippen molar-refractivity contribution in [2.24, 2.45) is 23.7 Å². The van der Waals surface area contributed by atoms with E-state index >= 15 is 0 Å². The van der Waals surface area contributed by atoms with Crippen LogP contribution in [0.25, 0.3) is 0 Å². The van der Waals surface area contributed by atoms with E-state index < -0.39 is 0 Å². The Morgan fingerprint density at radius 3 is 2.61 bits per heavy atom. The fourth-order valence-electron chi connectivity index (χ4n) is 5.26. The maximum absolute atomic E-state index is 12.7. The minimum Gasteiger partial charge on any atom is -0.351 e. The second-order valence-corrected chi connectivity index (χ2v) is 8.61. The van der Waals surface area contributed by atoms with E-state index in [1.165, 1.54) is 19.3 Å². The summed E-state index contributed by atoms with van der Waals surface area (Å²) in [4.78, 5) is 27.0. The molecule has 5 unspecified atom stereocenters. The molecule has 23 heavy (non-hydrogen) atoms. The first-order valence-electron chi connectivity index (χ1n) is 8.97. The van der Waals surface area contributed by atoms with Gasteiger partial charge in [0, 0.05) is 17.4 Å². The molecule has 3 aliphatic carbocycles. The second kappa shape index (κ2) is 5.83. The van der Waals surface area contributed by atoms with Crippen molar-refractivity contribution in [2.75, 3.05) is 11.6 Å². The van der Waals surface area contributed by atoms with Gasteiger partial charge in [-0.05, 0) is 56.3 Å². The zero-order valence-corrected chi connectivity index (χ0v) is 14.8. The molecule has 4 fully saturated rings. The fourth-order valence-corrected chi connectivity index (χ4v) is 6.41. The third-order valence-electron chi connectivity index (χ3n) is 6.34. The van der Waals surface area contributed by atoms with Gasteiger partial charge in [-0.2, -0.15) is 0 Å². The number of hydrogen-bond acceptors (Lipinski definition) is 3. The summed E-state index contributed by atoms with van der Waals surface area (Å²) in [5, 5.41) is 3.29. The molecule has 1 heterocycles. The molecule has 3 saturated carbocycles. The Bertz CT molecular complexity index is 545. The molecule has 1 N–H and O–H groups in total. The molecule has 4 aliphatic rings. The largest absolute Gasteiger partial charge is 0.351 e. The van der Waals surface area contributed by atoms with Gasteiger partial charge in [-0.3, -0.25) is 9.59 Å². The first-order chi connectivity index (χ1) is 11.1. The Morgan fingerprint density at radius 1 is 1.26 bits per heavy atom. The third-order valence-corrected chi connectivity index (χ3v) is 7.35. The van der Waals surface area contributed by atoms with E-state index in [1.807, 2.05) is 19.9 Å². The van der Waals surface area contributed by atoms with Gasteiger partial charge in [-0.15, -0.1) is 11.8 Å². The Balaban J connectivity index is 1.38. The van der Waals surface area contributed by atoms with E-state index in [9.17, 15) is 9.59 Å². The minimum atomic E-state index is -0.285. The van der Waals surface area contributed by atoms with Crippen molar-refractivity contribution >= 4 is 23.6 Å². The molecule has 4 nitrogen and oxygen atoms in total. The highest BCUT2D eigenvalue weighted by atomic mass is 32.2. The predicted molar refractivity (Wildman–Crippen MR) is 91.7 cm³/mol. The molecular weight excluding hydrogens is 308 g/mol. The van der Waals surface area contributed by atoms with Gasteiger partial charge in [0.15, 0.2) is 0 Å². The van der Waals surface area contributed by atoms with Crippen LogP contribution in [0.15, 0.2) is 11.6 Å². The maximum Gasteiger partial charge on any atom is 0.250 e. The summed E-state index contributed by atoms with van der Waals surface area (Å²) in [5.74, 6) is 4.68. The summed E-state index contributed by atoms with van der Waals surface area (Å²) in [6, 6.07) is 0.121. The number of carbonyl (C=O) groups is 2. The Kier molecular flexibility index (Phi) is 3.94. The van der Waals surface area contributed by atoms with E-state index in [0.29, 0.717) is 11.9 Å². The Morgan fingerprint density at radius 2 is 1.96 bits per heavy atom. The standard InChI is InChI=1S/C18H26N2O2S/c1-3-4-10(2)18(22)20-9-23-8-13(20)17(21)19-16-14-11-5-6-12(7-11)15(14)16/h4,11-16H,3,5-9H2,1-2H3,(H,19,21)/b10-4-. The number of fused-ring (bicyclic) bond motifs is 5. The normalized spacial score (nSPS) is 41.1. The summed E-state index contributed by atoms with van der Waals surface area (Å²) in [6.45, 7) is 3.88. The second-order valence-electron chi connectivity index (χ2n) is 7.61. The lowest BCUT2D eigenvalue weighted by Crippen LogP contribution is -2.48. The van der Waals surface area contributed by atoms with Gasteiger partial charge in [0.2, 0.25) is 5.91 Å². The molecule has 0 aromatic carbocycles. The van der Waals surface area contributed by atoms with Gasteiger partial charge in [0.25, 0.3) is 5.91 Å². The number of hydrogen-bond donors (Lipinski definition) is 1. The molecule has 1 saturated heterocycles. The number of nitrogens with one attached hydrogen (secondary N) is 1. The highest BCUT2D eigenvalue weighted by Gasteiger charge is 2.65. The molecule has 2 bridgehead atoms. The first kappa shape index (κ1) is 15.6. The number of nitrogens with zero attached hydrogens (tertiary/aromatic N) is 1. The van der Waals surface area contributed by atoms with E-state index in [-0.39, 0.29) is 17.9 Å². The lowest BCUT2D eigenvalue weighted by Gasteiger charge is -2.24. The van der Waals surface area contributed by atoms with Crippen LogP contribution in [0.1, 0.15) is 39.5 Å². The molecule has 0 aromatic heterocycles. The van der Waals surface area contributed by atoms with Crippen molar-refractivity contribution in [3.05, 3.63) is 11.6 Å². The van der Waals surface area contributed by atoms with Crippen molar-refractivity contribution in [3.63, 3.8) is 0 Å². The van der Waals surface area contributed by atoms with Crippen LogP contribution in [0.3, 0.4) is 0 Å². The lowest BCUT2D eigenvalue weighted by molar-refractivity contribution is -0.135. The summed E-state index contributed by atoms with van der Waals surface area (Å²) >= 11 is 1.68. The van der Waals surface area contributed by atoms with Gasteiger partial charge >= 0.3 is 0 Å². The van der Waals surface area contributed by atoms with Crippen LogP contribution >= 0.6 is 11.8 Å². The molecule has 1 aliphatic heterocycles. The molecule has 0 aromatic rings. The maximum atomic E-state index is 12.7. The van der Waals surface area contributed by atoms with Crippen LogP contribution in [0.2, 0.25) is 0 Å². The van der Waals surface area contributed by atoms with Gasteiger partial charge < -0.3 is 10.2 Å². The smallest absolute Gasteiger partial charge is 0.250 e. The van der Waals surface area contributed by atoms with Crippen molar-refractivity contribution in [1.82, 2.24) is 10.2 Å². The van der Waals surface area contributed by atoms with E-state index in [4.69, 9.17) is 0 Å². The summed E-state index contributed by atoms with van der Waals surface area (Å²) in [7, 11) is 0. The van der Waals surface area contributed by atoms with E-state index in [1.54, 1.807) is 16.7 Å². The summed E-state index contributed by atoms with van der Waals surface area (Å²) in [5.41, 5.74) is 0.758. The van der Waals surface area contributed by atoms with E-state index in [2.05, 4.69) is 5.32 Å². The summed E-state index contributed by atoms with van der Waals surface area (Å²) in [6.07, 6.45) is 6.92. The number of thioether (sulfide) groups is 1. The van der Waals surface area contributed by atoms with Gasteiger partial charge in [-0.25, -0.2) is 0 Å². The topological polar surface area (TPSA) is 49.4 Å². The zero-order chi connectivity index (χ0) is 16.1. The molecular formula is C18H26N2O2S. The number of carbonyl (C=O) groups excluding carboxylic acids is 2. The Labute approximate surface area is 142 Å². The van der Waals surface area contributed by atoms with Crippen molar-refractivity contribution < 1.29 is 9.59 Å². The molecule has 126 valence electrons. The third kappa shape index (κ3) is 2.51. The summed E-state index contributed by atoms with van der Waals surface area (Å²) < 4.78 is 0. The average Bonchev–Trinajstić information content (AvgIpc) is 2.99. The SMILES string of the molecule is CC/C=C(/C)C(=O)N1CSCC1C(=O)NC1C2C3CCC(C3)C12. The quantitative estimate of drug-likeness (QED) is 0.803. The fraction of sp³-hybridized carbons (Fsp3) is 0.778. The average molecular weight is 334 g/mol. The van der Waals surface area contributed by atoms with Gasteiger partial charge in [0.05, 0.1) is 5.88 Å². The lowest BCUT2D eigenvalue weighted by atomic mass is 10.0. The number of amides is 2. The molecule has 0 spiro atoms. The zero-order valence-electron chi connectivity index (χ0n) is 14.0. The highest BCUT2D eigenvalue weighted by molar-refractivity contribution is 7.99. The molecule has 0 radical (unpaired) electrons. The van der Waals surface area contributed by atoms with Crippen LogP contribution in [0.5, 0.6) is 0 Å². The van der Waals surface area contributed by atoms with Crippen LogP contribution in [-0.4, -0.2) is 40.4 Å². The Hall–Kier alpha value is -0.970. The predicted octanol–water partition coefficient (Wildman–Crippen LogP) is 2.40. The molecule has 4 rings (SSSR count). The van der Waals surface area contributed by atoms with Crippen molar-refractivity contribution in [3.8, 4) is 0 Å². The van der Waals surface area contributed by atoms with Crippen LogP contribution in [0, 0.1) is 23.7 Å². The van der Waals surface area contributed by atoms with E-state index in [0.717, 1.165) is 41.4 Å². The number of rotatable bonds is 4. The monoisotopic (exact) mass is 334 g/mol. The highest BCUT2D eigenvalue weighted by Crippen LogP contribution is 2.65. The molecule has 2 amide bonds. The molecule has 5 atom stereocenters. The van der Waals surface area contributed by atoms with Crippen molar-refractivity contribution in [1.29, 1.82) is 0 Å².